The fourth-order valence-corrected chi connectivity index (χ4v) is 7.81. The second-order valence-electron chi connectivity index (χ2n) is 17.7. The minimum atomic E-state index is -0.795. The Morgan fingerprint density at radius 2 is 0.885 bits per heavy atom. The first-order chi connectivity index (χ1) is 30.0. The van der Waals surface area contributed by atoms with E-state index in [0.29, 0.717) is 19.3 Å². The molecule has 0 heterocycles. The average Bonchev–Trinajstić information content (AvgIpc) is 3.25. The van der Waals surface area contributed by atoms with Gasteiger partial charge in [-0.2, -0.15) is 0 Å². The van der Waals surface area contributed by atoms with Gasteiger partial charge in [0, 0.05) is 6.42 Å². The molecule has 3 unspecified atom stereocenters. The van der Waals surface area contributed by atoms with Crippen molar-refractivity contribution in [2.24, 2.45) is 0 Å². The summed E-state index contributed by atoms with van der Waals surface area (Å²) < 4.78 is 5.91. The van der Waals surface area contributed by atoms with E-state index in [-0.39, 0.29) is 24.9 Å². The highest BCUT2D eigenvalue weighted by Gasteiger charge is 2.24. The number of nitrogens with one attached hydrogen (secondary N) is 1. The molecule has 0 aromatic carbocycles. The topological polar surface area (TPSA) is 95.9 Å². The normalized spacial score (nSPS) is 13.7. The van der Waals surface area contributed by atoms with Gasteiger partial charge < -0.3 is 20.3 Å². The predicted molar refractivity (Wildman–Crippen MR) is 264 cm³/mol. The minimum Gasteiger partial charge on any atom is -0.462 e. The molecular weight excluding hydrogens is 755 g/mol. The third-order valence-corrected chi connectivity index (χ3v) is 11.7. The summed E-state index contributed by atoms with van der Waals surface area (Å²) in [5, 5.41) is 23.8. The zero-order chi connectivity index (χ0) is 44.5. The van der Waals surface area contributed by atoms with Gasteiger partial charge in [0.2, 0.25) is 5.91 Å². The third-order valence-electron chi connectivity index (χ3n) is 11.7. The third kappa shape index (κ3) is 44.0. The van der Waals surface area contributed by atoms with E-state index in [0.717, 1.165) is 70.6 Å². The maximum atomic E-state index is 13.2. The van der Waals surface area contributed by atoms with Crippen LogP contribution in [0.4, 0.5) is 0 Å². The highest BCUT2D eigenvalue weighted by atomic mass is 16.5. The lowest BCUT2D eigenvalue weighted by molar-refractivity contribution is -0.151. The Morgan fingerprint density at radius 3 is 1.33 bits per heavy atom. The fraction of sp³-hybridized carbons (Fsp3) is 0.782. The first-order valence-corrected chi connectivity index (χ1v) is 26.1. The summed E-state index contributed by atoms with van der Waals surface area (Å²) in [5.74, 6) is -0.518. The van der Waals surface area contributed by atoms with Crippen LogP contribution in [0.1, 0.15) is 252 Å². The molecule has 0 aliphatic heterocycles. The van der Waals surface area contributed by atoms with Crippen LogP contribution in [0.3, 0.4) is 0 Å². The van der Waals surface area contributed by atoms with Crippen molar-refractivity contribution in [2.45, 2.75) is 270 Å². The number of amides is 1. The van der Waals surface area contributed by atoms with Crippen molar-refractivity contribution in [3.05, 3.63) is 60.8 Å². The van der Waals surface area contributed by atoms with Crippen LogP contribution in [0, 0.1) is 0 Å². The lowest BCUT2D eigenvalue weighted by Crippen LogP contribution is -2.46. The first kappa shape index (κ1) is 58.6. The molecule has 0 saturated carbocycles. The molecule has 0 aromatic rings. The maximum Gasteiger partial charge on any atom is 0.306 e. The highest BCUT2D eigenvalue weighted by molar-refractivity contribution is 5.77. The molecule has 0 saturated heterocycles. The average molecular weight is 854 g/mol. The van der Waals surface area contributed by atoms with E-state index in [4.69, 9.17) is 4.74 Å². The number of aliphatic hydroxyl groups is 2. The zero-order valence-corrected chi connectivity index (χ0v) is 40.3. The van der Waals surface area contributed by atoms with E-state index in [1.807, 2.05) is 36.5 Å². The molecule has 3 N–H and O–H groups in total. The molecule has 0 aliphatic rings. The van der Waals surface area contributed by atoms with Gasteiger partial charge in [-0.15, -0.1) is 0 Å². The first-order valence-electron chi connectivity index (χ1n) is 26.1. The quantitative estimate of drug-likeness (QED) is 0.0322. The molecular formula is C55H99NO5. The van der Waals surface area contributed by atoms with Gasteiger partial charge in [-0.25, -0.2) is 0 Å². The van der Waals surface area contributed by atoms with Crippen LogP contribution in [0.25, 0.3) is 0 Å². The second-order valence-corrected chi connectivity index (χ2v) is 17.7. The van der Waals surface area contributed by atoms with Crippen molar-refractivity contribution < 1.29 is 24.5 Å². The molecule has 0 radical (unpaired) electrons. The number of hydrogen-bond acceptors (Lipinski definition) is 5. The lowest BCUT2D eigenvalue weighted by atomic mass is 10.0. The number of allylic oxidation sites excluding steroid dienone is 10. The van der Waals surface area contributed by atoms with Crippen LogP contribution in [0.15, 0.2) is 60.8 Å². The number of esters is 1. The van der Waals surface area contributed by atoms with E-state index in [9.17, 15) is 19.8 Å². The van der Waals surface area contributed by atoms with E-state index < -0.39 is 18.2 Å². The predicted octanol–water partition coefficient (Wildman–Crippen LogP) is 15.6. The van der Waals surface area contributed by atoms with Gasteiger partial charge in [0.25, 0.3) is 0 Å². The number of unbranched alkanes of at least 4 members (excludes halogenated alkanes) is 28. The number of carbonyl (C=O) groups is 2. The Balaban J connectivity index is 4.56. The SMILES string of the molecule is CC/C=C/C=C/C=C\C=C/C=C/CCCCCC(=O)OC(CCCCCCCCCCCCC)CC(=O)NC(CO)C(O)CCCCCCCCCCCCCCCCCC. The number of ether oxygens (including phenoxy) is 1. The summed E-state index contributed by atoms with van der Waals surface area (Å²) >= 11 is 0. The van der Waals surface area contributed by atoms with E-state index in [1.165, 1.54) is 135 Å². The van der Waals surface area contributed by atoms with Crippen molar-refractivity contribution in [3.63, 3.8) is 0 Å². The summed E-state index contributed by atoms with van der Waals surface area (Å²) in [6.45, 7) is 6.34. The molecule has 6 heteroatoms. The standard InChI is InChI=1S/C55H99NO5/c1-4-7-10-13-16-19-22-24-26-28-29-32-35-38-41-44-47-53(58)52(50-57)56-54(59)49-51(46-43-40-37-34-31-21-18-15-12-9-6-3)61-55(60)48-45-42-39-36-33-30-27-25-23-20-17-14-11-8-5-2/h8,11,14,17,20,23,25,27,30,33,51-53,57-58H,4-7,9-10,12-13,15-16,18-19,21-22,24,26,28-29,31-32,34-50H2,1-3H3,(H,56,59)/b11-8+,17-14+,23-20-,27-25-,33-30+. The molecule has 6 nitrogen and oxygen atoms in total. The number of hydrogen-bond donors (Lipinski definition) is 3. The molecule has 3 atom stereocenters. The van der Waals surface area contributed by atoms with Crippen molar-refractivity contribution in [1.82, 2.24) is 5.32 Å². The Hall–Kier alpha value is -2.44. The largest absolute Gasteiger partial charge is 0.462 e. The summed E-state index contributed by atoms with van der Waals surface area (Å²) in [5.41, 5.74) is 0. The van der Waals surface area contributed by atoms with Gasteiger partial charge >= 0.3 is 5.97 Å². The Kier molecular flexibility index (Phi) is 46.6. The number of aliphatic hydroxyl groups excluding tert-OH is 2. The Morgan fingerprint density at radius 1 is 0.492 bits per heavy atom. The maximum absolute atomic E-state index is 13.2. The lowest BCUT2D eigenvalue weighted by Gasteiger charge is -2.24. The van der Waals surface area contributed by atoms with Gasteiger partial charge in [0.05, 0.1) is 25.2 Å². The van der Waals surface area contributed by atoms with Gasteiger partial charge in [-0.05, 0) is 44.9 Å². The van der Waals surface area contributed by atoms with Gasteiger partial charge in [0.15, 0.2) is 0 Å². The van der Waals surface area contributed by atoms with Crippen molar-refractivity contribution in [3.8, 4) is 0 Å². The monoisotopic (exact) mass is 854 g/mol. The van der Waals surface area contributed by atoms with Crippen molar-refractivity contribution in [2.75, 3.05) is 6.61 Å². The summed E-state index contributed by atoms with van der Waals surface area (Å²) in [6, 6.07) is -0.710. The van der Waals surface area contributed by atoms with Crippen LogP contribution in [0.2, 0.25) is 0 Å². The van der Waals surface area contributed by atoms with E-state index >= 15 is 0 Å². The van der Waals surface area contributed by atoms with Crippen molar-refractivity contribution >= 4 is 11.9 Å². The second kappa shape index (κ2) is 48.6. The highest BCUT2D eigenvalue weighted by Crippen LogP contribution is 2.18. The van der Waals surface area contributed by atoms with E-state index in [1.54, 1.807) is 0 Å². The fourth-order valence-electron chi connectivity index (χ4n) is 7.81. The number of rotatable bonds is 46. The van der Waals surface area contributed by atoms with Crippen LogP contribution < -0.4 is 5.32 Å². The van der Waals surface area contributed by atoms with Crippen LogP contribution >= 0.6 is 0 Å². The molecule has 61 heavy (non-hydrogen) atoms. The van der Waals surface area contributed by atoms with Crippen molar-refractivity contribution in [1.29, 1.82) is 0 Å². The van der Waals surface area contributed by atoms with Crippen LogP contribution in [-0.4, -0.2) is 46.9 Å². The molecule has 1 amide bonds. The minimum absolute atomic E-state index is 0.0610. The molecule has 0 spiro atoms. The molecule has 0 rings (SSSR count). The molecule has 0 aromatic heterocycles. The summed E-state index contributed by atoms with van der Waals surface area (Å²) in [7, 11) is 0. The van der Waals surface area contributed by atoms with Crippen LogP contribution in [-0.2, 0) is 14.3 Å². The van der Waals surface area contributed by atoms with Gasteiger partial charge in [0.1, 0.15) is 6.10 Å². The Bertz CT molecular complexity index is 1090. The zero-order valence-electron chi connectivity index (χ0n) is 40.3. The molecule has 0 fully saturated rings. The number of carbonyl (C=O) groups excluding carboxylic acids is 2. The van der Waals surface area contributed by atoms with Gasteiger partial charge in [-0.1, -0.05) is 255 Å². The molecule has 0 aliphatic carbocycles. The molecule has 354 valence electrons. The van der Waals surface area contributed by atoms with E-state index in [2.05, 4.69) is 50.4 Å². The summed E-state index contributed by atoms with van der Waals surface area (Å²) in [4.78, 5) is 26.1. The smallest absolute Gasteiger partial charge is 0.306 e. The summed E-state index contributed by atoms with van der Waals surface area (Å²) in [6.07, 6.45) is 59.9. The molecule has 0 bridgehead atoms. The Labute approximate surface area is 378 Å². The van der Waals surface area contributed by atoms with Gasteiger partial charge in [-0.3, -0.25) is 9.59 Å². The van der Waals surface area contributed by atoms with Crippen LogP contribution in [0.5, 0.6) is 0 Å².